The zero-order chi connectivity index (χ0) is 17.8. The van der Waals surface area contributed by atoms with Crippen molar-refractivity contribution in [2.45, 2.75) is 19.3 Å². The van der Waals surface area contributed by atoms with Gasteiger partial charge < -0.3 is 19.3 Å². The number of rotatable bonds is 6. The van der Waals surface area contributed by atoms with Crippen LogP contribution < -0.4 is 4.74 Å². The Morgan fingerprint density at radius 2 is 2.12 bits per heavy atom. The van der Waals surface area contributed by atoms with E-state index in [2.05, 4.69) is 10.1 Å². The van der Waals surface area contributed by atoms with E-state index < -0.39 is 11.9 Å². The van der Waals surface area contributed by atoms with Gasteiger partial charge in [-0.05, 0) is 30.7 Å². The number of aryl methyl sites for hydroxylation is 1. The number of likely N-dealkylation sites (tertiary alicyclic amines) is 1. The number of aromatic nitrogens is 2. The van der Waals surface area contributed by atoms with Crippen LogP contribution in [0.1, 0.15) is 18.7 Å². The van der Waals surface area contributed by atoms with Gasteiger partial charge in [0.2, 0.25) is 17.6 Å². The Morgan fingerprint density at radius 1 is 1.36 bits per heavy atom. The molecule has 132 valence electrons. The second-order valence-electron chi connectivity index (χ2n) is 5.90. The summed E-state index contributed by atoms with van der Waals surface area (Å²) in [7, 11) is 1.59. The number of methoxy groups -OCH3 is 1. The zero-order valence-corrected chi connectivity index (χ0v) is 13.8. The highest BCUT2D eigenvalue weighted by atomic mass is 16.5. The van der Waals surface area contributed by atoms with E-state index in [1.807, 2.05) is 12.1 Å². The Bertz CT molecular complexity index is 756. The lowest BCUT2D eigenvalue weighted by molar-refractivity contribution is -0.141. The van der Waals surface area contributed by atoms with E-state index in [4.69, 9.17) is 14.4 Å². The van der Waals surface area contributed by atoms with Crippen molar-refractivity contribution in [3.05, 3.63) is 30.2 Å². The van der Waals surface area contributed by atoms with Gasteiger partial charge in [-0.3, -0.25) is 9.59 Å². The van der Waals surface area contributed by atoms with Gasteiger partial charge in [-0.25, -0.2) is 0 Å². The number of hydrogen-bond donors (Lipinski definition) is 1. The van der Waals surface area contributed by atoms with E-state index in [1.54, 1.807) is 24.1 Å². The van der Waals surface area contributed by atoms with Gasteiger partial charge in [0.25, 0.3) is 0 Å². The van der Waals surface area contributed by atoms with Crippen molar-refractivity contribution in [2.75, 3.05) is 20.2 Å². The van der Waals surface area contributed by atoms with Gasteiger partial charge >= 0.3 is 5.97 Å². The van der Waals surface area contributed by atoms with Crippen LogP contribution in [0.25, 0.3) is 11.4 Å². The number of aliphatic carboxylic acids is 1. The maximum atomic E-state index is 12.2. The first-order chi connectivity index (χ1) is 12.1. The smallest absolute Gasteiger partial charge is 0.308 e. The van der Waals surface area contributed by atoms with Crippen molar-refractivity contribution in [3.8, 4) is 17.1 Å². The van der Waals surface area contributed by atoms with Crippen LogP contribution in [0.15, 0.2) is 28.8 Å². The highest BCUT2D eigenvalue weighted by Crippen LogP contribution is 2.21. The molecule has 1 aliphatic rings. The standard InChI is InChI=1S/C17H19N3O5/c1-24-13-4-2-11(3-5-13)16-18-14(25-19-16)6-7-15(21)20-9-8-12(10-20)17(22)23/h2-5,12H,6-10H2,1H3,(H,22,23). The monoisotopic (exact) mass is 345 g/mol. The van der Waals surface area contributed by atoms with Gasteiger partial charge in [-0.15, -0.1) is 0 Å². The van der Waals surface area contributed by atoms with Gasteiger partial charge in [0, 0.05) is 31.5 Å². The molecule has 1 amide bonds. The van der Waals surface area contributed by atoms with Crippen molar-refractivity contribution in [1.82, 2.24) is 15.0 Å². The molecule has 8 nitrogen and oxygen atoms in total. The fraction of sp³-hybridized carbons (Fsp3) is 0.412. The number of carboxylic acid groups (broad SMARTS) is 1. The molecule has 1 fully saturated rings. The van der Waals surface area contributed by atoms with Gasteiger partial charge in [-0.2, -0.15) is 4.98 Å². The number of carbonyl (C=O) groups is 2. The van der Waals surface area contributed by atoms with Crippen molar-refractivity contribution in [3.63, 3.8) is 0 Å². The summed E-state index contributed by atoms with van der Waals surface area (Å²) in [6.45, 7) is 0.756. The Morgan fingerprint density at radius 3 is 2.76 bits per heavy atom. The van der Waals surface area contributed by atoms with Gasteiger partial charge in [-0.1, -0.05) is 5.16 Å². The molecule has 1 aromatic carbocycles. The molecule has 1 aliphatic heterocycles. The number of carboxylic acids is 1. The van der Waals surface area contributed by atoms with Crippen LogP contribution in [0, 0.1) is 5.92 Å². The molecule has 1 aromatic heterocycles. The third kappa shape index (κ3) is 3.96. The molecule has 1 unspecified atom stereocenters. The zero-order valence-electron chi connectivity index (χ0n) is 13.8. The molecule has 0 aliphatic carbocycles. The summed E-state index contributed by atoms with van der Waals surface area (Å²) in [5.41, 5.74) is 0.797. The molecule has 8 heteroatoms. The molecular weight excluding hydrogens is 326 g/mol. The van der Waals surface area contributed by atoms with Crippen LogP contribution in [-0.4, -0.2) is 52.2 Å². The predicted octanol–water partition coefficient (Wildman–Crippen LogP) is 1.61. The van der Waals surface area contributed by atoms with Crippen LogP contribution in [-0.2, 0) is 16.0 Å². The molecule has 3 rings (SSSR count). The lowest BCUT2D eigenvalue weighted by atomic mass is 10.1. The highest BCUT2D eigenvalue weighted by Gasteiger charge is 2.30. The van der Waals surface area contributed by atoms with Crippen LogP contribution in [0.3, 0.4) is 0 Å². The number of amides is 1. The van der Waals surface area contributed by atoms with Crippen molar-refractivity contribution in [2.24, 2.45) is 5.92 Å². The normalized spacial score (nSPS) is 16.8. The van der Waals surface area contributed by atoms with E-state index in [-0.39, 0.29) is 18.9 Å². The summed E-state index contributed by atoms with van der Waals surface area (Å²) in [5, 5.41) is 12.9. The summed E-state index contributed by atoms with van der Waals surface area (Å²) in [5.74, 6) is 0.173. The summed E-state index contributed by atoms with van der Waals surface area (Å²) in [4.78, 5) is 29.0. The number of benzene rings is 1. The second kappa shape index (κ2) is 7.33. The first-order valence-corrected chi connectivity index (χ1v) is 8.04. The van der Waals surface area contributed by atoms with E-state index in [0.717, 1.165) is 11.3 Å². The molecule has 0 bridgehead atoms. The van der Waals surface area contributed by atoms with E-state index in [0.29, 0.717) is 31.1 Å². The second-order valence-corrected chi connectivity index (χ2v) is 5.90. The lowest BCUT2D eigenvalue weighted by Crippen LogP contribution is -2.30. The molecule has 2 heterocycles. The van der Waals surface area contributed by atoms with Crippen molar-refractivity contribution in [1.29, 1.82) is 0 Å². The minimum absolute atomic E-state index is 0.0899. The molecule has 0 radical (unpaired) electrons. The highest BCUT2D eigenvalue weighted by molar-refractivity contribution is 5.78. The van der Waals surface area contributed by atoms with Crippen LogP contribution in [0.2, 0.25) is 0 Å². The van der Waals surface area contributed by atoms with Crippen LogP contribution >= 0.6 is 0 Å². The Labute approximate surface area is 144 Å². The SMILES string of the molecule is COc1ccc(-c2noc(CCC(=O)N3CCC(C(=O)O)C3)n2)cc1. The Hall–Kier alpha value is -2.90. The molecule has 1 N–H and O–H groups in total. The molecular formula is C17H19N3O5. The largest absolute Gasteiger partial charge is 0.497 e. The first kappa shape index (κ1) is 16.9. The Kier molecular flexibility index (Phi) is 4.97. The molecule has 1 atom stereocenters. The Balaban J connectivity index is 1.55. The molecule has 2 aromatic rings. The predicted molar refractivity (Wildman–Crippen MR) is 86.9 cm³/mol. The van der Waals surface area contributed by atoms with E-state index >= 15 is 0 Å². The number of nitrogens with zero attached hydrogens (tertiary/aromatic N) is 3. The minimum atomic E-state index is -0.851. The summed E-state index contributed by atoms with van der Waals surface area (Å²) >= 11 is 0. The van der Waals surface area contributed by atoms with Crippen molar-refractivity contribution < 1.29 is 24.0 Å². The number of ether oxygens (including phenoxy) is 1. The average molecular weight is 345 g/mol. The van der Waals surface area contributed by atoms with Gasteiger partial charge in [0.1, 0.15) is 5.75 Å². The number of hydrogen-bond acceptors (Lipinski definition) is 6. The fourth-order valence-corrected chi connectivity index (χ4v) is 2.77. The van der Waals surface area contributed by atoms with Crippen LogP contribution in [0.4, 0.5) is 0 Å². The lowest BCUT2D eigenvalue weighted by Gasteiger charge is -2.14. The topological polar surface area (TPSA) is 106 Å². The molecule has 0 spiro atoms. The maximum Gasteiger partial charge on any atom is 0.308 e. The van der Waals surface area contributed by atoms with Gasteiger partial charge in [0.05, 0.1) is 13.0 Å². The summed E-state index contributed by atoms with van der Waals surface area (Å²) in [6.07, 6.45) is 1.05. The summed E-state index contributed by atoms with van der Waals surface area (Å²) in [6, 6.07) is 7.27. The van der Waals surface area contributed by atoms with Gasteiger partial charge in [0.15, 0.2) is 0 Å². The van der Waals surface area contributed by atoms with Crippen LogP contribution in [0.5, 0.6) is 5.75 Å². The van der Waals surface area contributed by atoms with Crippen molar-refractivity contribution >= 4 is 11.9 Å². The molecule has 0 saturated carbocycles. The third-order valence-electron chi connectivity index (χ3n) is 4.26. The third-order valence-corrected chi connectivity index (χ3v) is 4.26. The molecule has 1 saturated heterocycles. The maximum absolute atomic E-state index is 12.2. The minimum Gasteiger partial charge on any atom is -0.497 e. The van der Waals surface area contributed by atoms with E-state index in [9.17, 15) is 9.59 Å². The quantitative estimate of drug-likeness (QED) is 0.848. The first-order valence-electron chi connectivity index (χ1n) is 8.04. The van der Waals surface area contributed by atoms with E-state index in [1.165, 1.54) is 0 Å². The molecule has 25 heavy (non-hydrogen) atoms. The fourth-order valence-electron chi connectivity index (χ4n) is 2.77. The number of carbonyl (C=O) groups excluding carboxylic acids is 1. The average Bonchev–Trinajstić information content (AvgIpc) is 3.29. The summed E-state index contributed by atoms with van der Waals surface area (Å²) < 4.78 is 10.3.